The van der Waals surface area contributed by atoms with Crippen LogP contribution in [0.5, 0.6) is 0 Å². The second-order valence-corrected chi connectivity index (χ2v) is 4.23. The fraction of sp³-hybridized carbons (Fsp3) is 0.778. The molecule has 0 aromatic heterocycles. The van der Waals surface area contributed by atoms with Crippen LogP contribution < -0.4 is 0 Å². The summed E-state index contributed by atoms with van der Waals surface area (Å²) in [5.74, 6) is -3.74. The van der Waals surface area contributed by atoms with Gasteiger partial charge in [-0.25, -0.2) is 4.79 Å². The van der Waals surface area contributed by atoms with Crippen LogP contribution in [0.25, 0.3) is 0 Å². The third kappa shape index (κ3) is 2.36. The van der Waals surface area contributed by atoms with E-state index in [1.165, 1.54) is 20.8 Å². The van der Waals surface area contributed by atoms with Crippen LogP contribution in [-0.2, 0) is 14.3 Å². The van der Waals surface area contributed by atoms with Crippen molar-refractivity contribution >= 4 is 11.9 Å². The molecule has 0 radical (unpaired) electrons. The average Bonchev–Trinajstić information content (AvgIpc) is 2.31. The minimum absolute atomic E-state index is 0.222. The van der Waals surface area contributed by atoms with Gasteiger partial charge in [0.15, 0.2) is 6.04 Å². The van der Waals surface area contributed by atoms with Crippen molar-refractivity contribution in [2.45, 2.75) is 44.8 Å². The lowest BCUT2D eigenvalue weighted by Crippen LogP contribution is -2.55. The van der Waals surface area contributed by atoms with E-state index in [0.29, 0.717) is 0 Å². The largest absolute Gasteiger partial charge is 0.480 e. The van der Waals surface area contributed by atoms with E-state index in [0.717, 1.165) is 0 Å². The van der Waals surface area contributed by atoms with E-state index in [-0.39, 0.29) is 4.90 Å². The highest BCUT2D eigenvalue weighted by Gasteiger charge is 2.57. The van der Waals surface area contributed by atoms with Crippen molar-refractivity contribution in [1.29, 1.82) is 0 Å². The van der Waals surface area contributed by atoms with Crippen molar-refractivity contribution in [1.82, 2.24) is 4.90 Å². The summed E-state index contributed by atoms with van der Waals surface area (Å²) in [4.78, 5) is 22.3. The average molecular weight is 255 g/mol. The summed E-state index contributed by atoms with van der Waals surface area (Å²) >= 11 is 0. The highest BCUT2D eigenvalue weighted by Crippen LogP contribution is 2.35. The third-order valence-corrected chi connectivity index (χ3v) is 2.49. The molecule has 1 saturated heterocycles. The van der Waals surface area contributed by atoms with Gasteiger partial charge >= 0.3 is 18.1 Å². The van der Waals surface area contributed by atoms with Crippen molar-refractivity contribution in [3.05, 3.63) is 0 Å². The van der Waals surface area contributed by atoms with Gasteiger partial charge < -0.3 is 9.84 Å². The van der Waals surface area contributed by atoms with Gasteiger partial charge in [-0.1, -0.05) is 0 Å². The van der Waals surface area contributed by atoms with Gasteiger partial charge in [0.2, 0.25) is 0 Å². The zero-order valence-corrected chi connectivity index (χ0v) is 9.41. The first-order chi connectivity index (χ1) is 7.48. The maximum Gasteiger partial charge on any atom is 0.471 e. The van der Waals surface area contributed by atoms with Crippen LogP contribution in [0.4, 0.5) is 13.2 Å². The lowest BCUT2D eigenvalue weighted by molar-refractivity contribution is -0.199. The van der Waals surface area contributed by atoms with E-state index in [9.17, 15) is 22.8 Å². The summed E-state index contributed by atoms with van der Waals surface area (Å²) in [6.07, 6.45) is -6.13. The van der Waals surface area contributed by atoms with Gasteiger partial charge in [-0.05, 0) is 20.8 Å². The maximum atomic E-state index is 12.4. The molecule has 2 atom stereocenters. The predicted octanol–water partition coefficient (Wildman–Crippen LogP) is 0.985. The molecule has 8 heteroatoms. The first kappa shape index (κ1) is 13.8. The van der Waals surface area contributed by atoms with Gasteiger partial charge in [-0.15, -0.1) is 0 Å². The Balaban J connectivity index is 3.16. The fourth-order valence-electron chi connectivity index (χ4n) is 1.94. The Morgan fingerprint density at radius 1 is 1.35 bits per heavy atom. The van der Waals surface area contributed by atoms with Crippen molar-refractivity contribution < 1.29 is 32.6 Å². The summed E-state index contributed by atoms with van der Waals surface area (Å²) in [7, 11) is 0. The van der Waals surface area contributed by atoms with Crippen LogP contribution in [-0.4, -0.2) is 45.9 Å². The molecule has 0 aromatic rings. The molecule has 0 saturated carbocycles. The fourth-order valence-corrected chi connectivity index (χ4v) is 1.94. The second-order valence-electron chi connectivity index (χ2n) is 4.23. The molecule has 1 fully saturated rings. The zero-order valence-electron chi connectivity index (χ0n) is 9.41. The van der Waals surface area contributed by atoms with Crippen molar-refractivity contribution in [2.75, 3.05) is 0 Å². The number of nitrogens with zero attached hydrogens (tertiary/aromatic N) is 1. The SMILES string of the molecule is CC1OC(C)(C)N(C(=O)C(F)(F)F)C1C(=O)O. The summed E-state index contributed by atoms with van der Waals surface area (Å²) in [5.41, 5.74) is -1.60. The minimum Gasteiger partial charge on any atom is -0.480 e. The lowest BCUT2D eigenvalue weighted by atomic mass is 10.1. The highest BCUT2D eigenvalue weighted by molar-refractivity contribution is 5.88. The van der Waals surface area contributed by atoms with Crippen LogP contribution in [0.15, 0.2) is 0 Å². The third-order valence-electron chi connectivity index (χ3n) is 2.49. The van der Waals surface area contributed by atoms with Crippen molar-refractivity contribution in [2.24, 2.45) is 0 Å². The summed E-state index contributed by atoms with van der Waals surface area (Å²) in [5, 5.41) is 8.86. The maximum absolute atomic E-state index is 12.4. The molecule has 1 aliphatic heterocycles. The lowest BCUT2D eigenvalue weighted by Gasteiger charge is -2.32. The molecule has 0 aromatic carbocycles. The summed E-state index contributed by atoms with van der Waals surface area (Å²) < 4.78 is 42.2. The van der Waals surface area contributed by atoms with Gasteiger partial charge in [0.1, 0.15) is 5.72 Å². The number of halogens is 3. The Morgan fingerprint density at radius 3 is 2.18 bits per heavy atom. The normalized spacial score (nSPS) is 28.2. The van der Waals surface area contributed by atoms with E-state index in [4.69, 9.17) is 9.84 Å². The van der Waals surface area contributed by atoms with Crippen molar-refractivity contribution in [3.8, 4) is 0 Å². The van der Waals surface area contributed by atoms with Crippen LogP contribution in [0.1, 0.15) is 20.8 Å². The van der Waals surface area contributed by atoms with E-state index >= 15 is 0 Å². The number of carboxylic acids is 1. The number of rotatable bonds is 1. The number of amides is 1. The van der Waals surface area contributed by atoms with Crippen LogP contribution in [0.3, 0.4) is 0 Å². The number of carbonyl (C=O) groups is 2. The van der Waals surface area contributed by atoms with E-state index in [1.807, 2.05) is 0 Å². The number of alkyl halides is 3. The van der Waals surface area contributed by atoms with E-state index in [2.05, 4.69) is 0 Å². The standard InChI is InChI=1S/C9H12F3NO4/c1-4-5(6(14)15)13(8(2,3)17-4)7(16)9(10,11)12/h4-5H,1-3H3,(H,14,15). The molecule has 0 aliphatic carbocycles. The summed E-state index contributed by atoms with van der Waals surface area (Å²) in [6.45, 7) is 3.75. The Hall–Kier alpha value is -1.31. The molecule has 1 heterocycles. The van der Waals surface area contributed by atoms with E-state index < -0.39 is 35.9 Å². The summed E-state index contributed by atoms with van der Waals surface area (Å²) in [6, 6.07) is -1.64. The van der Waals surface area contributed by atoms with Crippen LogP contribution in [0, 0.1) is 0 Å². The van der Waals surface area contributed by atoms with Gasteiger partial charge in [0.25, 0.3) is 0 Å². The van der Waals surface area contributed by atoms with Crippen LogP contribution in [0.2, 0.25) is 0 Å². The molecule has 0 spiro atoms. The highest BCUT2D eigenvalue weighted by atomic mass is 19.4. The molecular formula is C9H12F3NO4. The number of carbonyl (C=O) groups excluding carboxylic acids is 1. The molecular weight excluding hydrogens is 243 g/mol. The number of hydrogen-bond acceptors (Lipinski definition) is 3. The minimum atomic E-state index is -5.13. The quantitative estimate of drug-likeness (QED) is 0.758. The topological polar surface area (TPSA) is 66.8 Å². The Labute approximate surface area is 95.1 Å². The predicted molar refractivity (Wildman–Crippen MR) is 49.0 cm³/mol. The number of aliphatic carboxylic acids is 1. The molecule has 2 unspecified atom stereocenters. The van der Waals surface area contributed by atoms with Gasteiger partial charge in [0.05, 0.1) is 6.10 Å². The Morgan fingerprint density at radius 2 is 1.82 bits per heavy atom. The molecule has 1 amide bonds. The molecule has 1 rings (SSSR count). The van der Waals surface area contributed by atoms with Gasteiger partial charge in [-0.2, -0.15) is 13.2 Å². The first-order valence-electron chi connectivity index (χ1n) is 4.79. The smallest absolute Gasteiger partial charge is 0.471 e. The van der Waals surface area contributed by atoms with Crippen molar-refractivity contribution in [3.63, 3.8) is 0 Å². The molecule has 1 aliphatic rings. The monoisotopic (exact) mass is 255 g/mol. The second kappa shape index (κ2) is 3.86. The Kier molecular flexibility index (Phi) is 3.13. The van der Waals surface area contributed by atoms with Gasteiger partial charge in [0, 0.05) is 0 Å². The number of carboxylic acid groups (broad SMARTS) is 1. The van der Waals surface area contributed by atoms with Crippen LogP contribution >= 0.6 is 0 Å². The number of hydrogen-bond donors (Lipinski definition) is 1. The molecule has 1 N–H and O–H groups in total. The van der Waals surface area contributed by atoms with E-state index in [1.54, 1.807) is 0 Å². The first-order valence-corrected chi connectivity index (χ1v) is 4.79. The zero-order chi connectivity index (χ0) is 13.6. The number of ether oxygens (including phenoxy) is 1. The molecule has 98 valence electrons. The Bertz CT molecular complexity index is 353. The van der Waals surface area contributed by atoms with Gasteiger partial charge in [-0.3, -0.25) is 9.69 Å². The molecule has 17 heavy (non-hydrogen) atoms. The molecule has 5 nitrogen and oxygen atoms in total. The molecule has 0 bridgehead atoms.